The molecule has 0 bridgehead atoms. The number of rotatable bonds is 6. The predicted molar refractivity (Wildman–Crippen MR) is 136 cm³/mol. The molecular weight excluding hydrogens is 446 g/mol. The van der Waals surface area contributed by atoms with Crippen molar-refractivity contribution in [1.82, 2.24) is 14.9 Å². The molecule has 1 saturated heterocycles. The van der Waals surface area contributed by atoms with Crippen molar-refractivity contribution in [2.45, 2.75) is 0 Å². The molecule has 5 rings (SSSR count). The number of nitrogens with one attached hydrogen (secondary N) is 3. The van der Waals surface area contributed by atoms with Crippen molar-refractivity contribution in [3.8, 4) is 11.6 Å². The highest BCUT2D eigenvalue weighted by Gasteiger charge is 2.22. The van der Waals surface area contributed by atoms with Crippen LogP contribution < -0.4 is 30.3 Å². The van der Waals surface area contributed by atoms with Crippen LogP contribution in [0.5, 0.6) is 11.6 Å². The Labute approximate surface area is 204 Å². The second-order valence-electron chi connectivity index (χ2n) is 8.50. The summed E-state index contributed by atoms with van der Waals surface area (Å²) in [5, 5.41) is 9.51. The van der Waals surface area contributed by atoms with E-state index in [0.717, 1.165) is 37.6 Å². The van der Waals surface area contributed by atoms with E-state index in [1.165, 1.54) is 7.11 Å². The Morgan fingerprint density at radius 3 is 2.66 bits per heavy atom. The maximum absolute atomic E-state index is 13.4. The van der Waals surface area contributed by atoms with Crippen molar-refractivity contribution < 1.29 is 14.3 Å². The van der Waals surface area contributed by atoms with E-state index in [9.17, 15) is 4.79 Å². The second kappa shape index (κ2) is 10.1. The first-order chi connectivity index (χ1) is 17.1. The van der Waals surface area contributed by atoms with Gasteiger partial charge in [-0.3, -0.25) is 9.78 Å². The minimum absolute atomic E-state index is 0.221. The molecule has 0 spiro atoms. The van der Waals surface area contributed by atoms with Gasteiger partial charge in [-0.1, -0.05) is 0 Å². The van der Waals surface area contributed by atoms with Crippen LogP contribution in [-0.4, -0.2) is 74.3 Å². The lowest BCUT2D eigenvalue weighted by Gasteiger charge is -2.34. The Balaban J connectivity index is 1.36. The van der Waals surface area contributed by atoms with Crippen LogP contribution in [0.15, 0.2) is 48.9 Å². The molecule has 35 heavy (non-hydrogen) atoms. The smallest absolute Gasteiger partial charge is 0.263 e. The Hall–Kier alpha value is -4.05. The van der Waals surface area contributed by atoms with Gasteiger partial charge >= 0.3 is 0 Å². The third-order valence-corrected chi connectivity index (χ3v) is 6.16. The molecule has 2 aromatic heterocycles. The highest BCUT2D eigenvalue weighted by Crippen LogP contribution is 2.37. The number of hydrogen-bond acceptors (Lipinski definition) is 9. The van der Waals surface area contributed by atoms with E-state index in [1.54, 1.807) is 24.7 Å². The molecule has 10 nitrogen and oxygen atoms in total. The predicted octanol–water partition coefficient (Wildman–Crippen LogP) is 3.04. The maximum atomic E-state index is 13.4. The summed E-state index contributed by atoms with van der Waals surface area (Å²) in [6, 6.07) is 9.63. The number of amides is 1. The molecule has 182 valence electrons. The van der Waals surface area contributed by atoms with Gasteiger partial charge in [-0.25, -0.2) is 4.98 Å². The second-order valence-corrected chi connectivity index (χ2v) is 8.50. The number of anilines is 5. The maximum Gasteiger partial charge on any atom is 0.263 e. The van der Waals surface area contributed by atoms with Crippen LogP contribution in [0.2, 0.25) is 0 Å². The summed E-state index contributed by atoms with van der Waals surface area (Å²) < 4.78 is 11.2. The number of pyridine rings is 2. The standard InChI is InChI=1S/C25H29N7O3/c1-31-10-12-32(13-11-31)18-5-3-17(4-6-18)29-24(33)22-19(7-8-28-25(22)34-2)30-21-16-26-15-20-23(21)35-14-9-27-20/h3-8,15-16,27H,9-14H2,1-2H3,(H,28,30)(H,29,33). The highest BCUT2D eigenvalue weighted by atomic mass is 16.5. The summed E-state index contributed by atoms with van der Waals surface area (Å²) in [4.78, 5) is 26.6. The number of benzene rings is 1. The van der Waals surface area contributed by atoms with E-state index in [0.29, 0.717) is 41.5 Å². The number of piperazine rings is 1. The minimum atomic E-state index is -0.332. The molecule has 1 amide bonds. The van der Waals surface area contributed by atoms with E-state index in [2.05, 4.69) is 42.8 Å². The monoisotopic (exact) mass is 475 g/mol. The molecule has 4 heterocycles. The molecular formula is C25H29N7O3. The van der Waals surface area contributed by atoms with Gasteiger partial charge in [-0.2, -0.15) is 0 Å². The van der Waals surface area contributed by atoms with Crippen LogP contribution in [0.4, 0.5) is 28.4 Å². The molecule has 0 aliphatic carbocycles. The van der Waals surface area contributed by atoms with E-state index >= 15 is 0 Å². The van der Waals surface area contributed by atoms with Gasteiger partial charge in [0.1, 0.15) is 17.9 Å². The number of hydrogen-bond donors (Lipinski definition) is 3. The lowest BCUT2D eigenvalue weighted by Crippen LogP contribution is -2.44. The third-order valence-electron chi connectivity index (χ3n) is 6.16. The molecule has 10 heteroatoms. The number of nitrogens with zero attached hydrogens (tertiary/aromatic N) is 4. The van der Waals surface area contributed by atoms with E-state index in [1.807, 2.05) is 24.3 Å². The largest absolute Gasteiger partial charge is 0.487 e. The summed E-state index contributed by atoms with van der Waals surface area (Å²) in [6.45, 7) is 5.31. The molecule has 2 aliphatic heterocycles. The van der Waals surface area contributed by atoms with Gasteiger partial charge in [-0.05, 0) is 37.4 Å². The van der Waals surface area contributed by atoms with Gasteiger partial charge in [0, 0.05) is 50.3 Å². The Bertz CT molecular complexity index is 1190. The van der Waals surface area contributed by atoms with Crippen LogP contribution in [-0.2, 0) is 0 Å². The van der Waals surface area contributed by atoms with Crippen LogP contribution in [0.3, 0.4) is 0 Å². The molecule has 0 atom stereocenters. The van der Waals surface area contributed by atoms with E-state index in [-0.39, 0.29) is 11.8 Å². The third kappa shape index (κ3) is 4.92. The molecule has 3 aromatic rings. The number of aromatic nitrogens is 2. The molecule has 0 saturated carbocycles. The number of likely N-dealkylation sites (N-methyl/N-ethyl adjacent to an activating group) is 1. The van der Waals surface area contributed by atoms with Crippen molar-refractivity contribution in [3.63, 3.8) is 0 Å². The van der Waals surface area contributed by atoms with Crippen molar-refractivity contribution in [2.24, 2.45) is 0 Å². The summed E-state index contributed by atoms with van der Waals surface area (Å²) in [7, 11) is 3.63. The van der Waals surface area contributed by atoms with Crippen molar-refractivity contribution >= 4 is 34.3 Å². The molecule has 1 fully saturated rings. The topological polar surface area (TPSA) is 104 Å². The first-order valence-electron chi connectivity index (χ1n) is 11.6. The van der Waals surface area contributed by atoms with Gasteiger partial charge in [0.15, 0.2) is 5.75 Å². The Kier molecular flexibility index (Phi) is 6.53. The van der Waals surface area contributed by atoms with E-state index < -0.39 is 0 Å². The molecule has 1 aromatic carbocycles. The van der Waals surface area contributed by atoms with Crippen molar-refractivity contribution in [1.29, 1.82) is 0 Å². The highest BCUT2D eigenvalue weighted by molar-refractivity contribution is 6.10. The van der Waals surface area contributed by atoms with Crippen LogP contribution in [0.1, 0.15) is 10.4 Å². The number of fused-ring (bicyclic) bond motifs is 1. The number of ether oxygens (including phenoxy) is 2. The molecule has 3 N–H and O–H groups in total. The zero-order chi connectivity index (χ0) is 24.2. The Morgan fingerprint density at radius 1 is 1.09 bits per heavy atom. The summed E-state index contributed by atoms with van der Waals surface area (Å²) in [5.74, 6) is 0.549. The van der Waals surface area contributed by atoms with Crippen LogP contribution in [0.25, 0.3) is 0 Å². The van der Waals surface area contributed by atoms with Crippen molar-refractivity contribution in [3.05, 3.63) is 54.5 Å². The fraction of sp³-hybridized carbons (Fsp3) is 0.320. The minimum Gasteiger partial charge on any atom is -0.487 e. The fourth-order valence-corrected chi connectivity index (χ4v) is 4.24. The van der Waals surface area contributed by atoms with Gasteiger partial charge in [-0.15, -0.1) is 0 Å². The van der Waals surface area contributed by atoms with Gasteiger partial charge in [0.05, 0.1) is 30.9 Å². The average molecular weight is 476 g/mol. The lowest BCUT2D eigenvalue weighted by molar-refractivity contribution is 0.102. The van der Waals surface area contributed by atoms with Gasteiger partial charge < -0.3 is 35.2 Å². The lowest BCUT2D eigenvalue weighted by atomic mass is 10.1. The first kappa shape index (κ1) is 22.7. The van der Waals surface area contributed by atoms with Crippen LogP contribution >= 0.6 is 0 Å². The molecule has 2 aliphatic rings. The fourth-order valence-electron chi connectivity index (χ4n) is 4.24. The summed E-state index contributed by atoms with van der Waals surface area (Å²) in [5.41, 5.74) is 4.11. The van der Waals surface area contributed by atoms with E-state index in [4.69, 9.17) is 9.47 Å². The summed E-state index contributed by atoms with van der Waals surface area (Å²) in [6.07, 6.45) is 4.97. The van der Waals surface area contributed by atoms with Gasteiger partial charge in [0.2, 0.25) is 5.88 Å². The summed E-state index contributed by atoms with van der Waals surface area (Å²) >= 11 is 0. The zero-order valence-corrected chi connectivity index (χ0v) is 19.9. The number of methoxy groups -OCH3 is 1. The zero-order valence-electron chi connectivity index (χ0n) is 19.9. The average Bonchev–Trinajstić information content (AvgIpc) is 2.89. The van der Waals surface area contributed by atoms with Crippen molar-refractivity contribution in [2.75, 3.05) is 74.3 Å². The first-order valence-corrected chi connectivity index (χ1v) is 11.6. The Morgan fingerprint density at radius 2 is 1.89 bits per heavy atom. The SMILES string of the molecule is COc1nccc(Nc2cncc3c2OCCN3)c1C(=O)Nc1ccc(N2CCN(C)CC2)cc1. The quantitative estimate of drug-likeness (QED) is 0.496. The van der Waals surface area contributed by atoms with Gasteiger partial charge in [0.25, 0.3) is 5.91 Å². The normalized spacial score (nSPS) is 15.4. The molecule has 0 unspecified atom stereocenters. The van der Waals surface area contributed by atoms with Crippen LogP contribution in [0, 0.1) is 0 Å². The number of carbonyl (C=O) groups excluding carboxylic acids is 1. The molecule has 0 radical (unpaired) electrons. The number of carbonyl (C=O) groups is 1.